The first kappa shape index (κ1) is 11.7. The lowest BCUT2D eigenvalue weighted by atomic mass is 10.00. The quantitative estimate of drug-likeness (QED) is 0.857. The van der Waals surface area contributed by atoms with Gasteiger partial charge in [-0.3, -0.25) is 9.97 Å². The maximum Gasteiger partial charge on any atom is 0.0799 e. The Balaban J connectivity index is 2.33. The Bertz CT molecular complexity index is 517. The zero-order valence-corrected chi connectivity index (χ0v) is 10.4. The highest BCUT2D eigenvalue weighted by molar-refractivity contribution is 5.34. The van der Waals surface area contributed by atoms with Crippen molar-refractivity contribution >= 4 is 0 Å². The fraction of sp³-hybridized carbons (Fsp3) is 0.286. The van der Waals surface area contributed by atoms with Crippen LogP contribution in [0.1, 0.15) is 34.1 Å². The van der Waals surface area contributed by atoms with Gasteiger partial charge in [-0.15, -0.1) is 0 Å². The van der Waals surface area contributed by atoms with Crippen LogP contribution in [0.25, 0.3) is 0 Å². The van der Waals surface area contributed by atoms with Gasteiger partial charge in [0.05, 0.1) is 23.6 Å². The highest BCUT2D eigenvalue weighted by Gasteiger charge is 2.11. The summed E-state index contributed by atoms with van der Waals surface area (Å²) >= 11 is 0. The number of aryl methyl sites for hydroxylation is 3. The van der Waals surface area contributed by atoms with Crippen molar-refractivity contribution in [3.63, 3.8) is 0 Å². The second-order valence-electron chi connectivity index (χ2n) is 4.40. The summed E-state index contributed by atoms with van der Waals surface area (Å²) in [5.74, 6) is 0. The molecule has 17 heavy (non-hydrogen) atoms. The van der Waals surface area contributed by atoms with Crippen LogP contribution in [0.15, 0.2) is 30.6 Å². The lowest BCUT2D eigenvalue weighted by Gasteiger charge is -2.13. The van der Waals surface area contributed by atoms with Crippen molar-refractivity contribution in [2.45, 2.75) is 26.8 Å². The van der Waals surface area contributed by atoms with Crippen LogP contribution in [0.3, 0.4) is 0 Å². The molecule has 1 heterocycles. The van der Waals surface area contributed by atoms with Gasteiger partial charge in [-0.1, -0.05) is 18.2 Å². The molecular formula is C14H17N3. The molecule has 0 amide bonds. The highest BCUT2D eigenvalue weighted by Crippen LogP contribution is 2.19. The van der Waals surface area contributed by atoms with E-state index in [9.17, 15) is 0 Å². The lowest BCUT2D eigenvalue weighted by molar-refractivity contribution is 0.811. The van der Waals surface area contributed by atoms with E-state index in [0.717, 1.165) is 17.0 Å². The zero-order valence-electron chi connectivity index (χ0n) is 10.4. The minimum atomic E-state index is -0.206. The topological polar surface area (TPSA) is 51.8 Å². The van der Waals surface area contributed by atoms with Gasteiger partial charge in [0, 0.05) is 6.20 Å². The maximum absolute atomic E-state index is 6.18. The van der Waals surface area contributed by atoms with Crippen molar-refractivity contribution in [1.29, 1.82) is 0 Å². The molecule has 1 aromatic heterocycles. The van der Waals surface area contributed by atoms with Gasteiger partial charge in [-0.25, -0.2) is 0 Å². The molecule has 3 heteroatoms. The predicted octanol–water partition coefficient (Wildman–Crippen LogP) is 2.45. The number of nitrogens with zero attached hydrogens (tertiary/aromatic N) is 2. The normalized spacial score (nSPS) is 12.5. The number of rotatable bonds is 2. The largest absolute Gasteiger partial charge is 0.319 e. The molecule has 1 unspecified atom stereocenters. The monoisotopic (exact) mass is 227 g/mol. The van der Waals surface area contributed by atoms with Crippen LogP contribution in [0.5, 0.6) is 0 Å². The van der Waals surface area contributed by atoms with Crippen LogP contribution in [-0.2, 0) is 0 Å². The third-order valence-corrected chi connectivity index (χ3v) is 3.01. The lowest BCUT2D eigenvalue weighted by Crippen LogP contribution is -2.14. The number of hydrogen-bond acceptors (Lipinski definition) is 3. The summed E-state index contributed by atoms with van der Waals surface area (Å²) in [5.41, 5.74) is 11.5. The molecule has 0 saturated heterocycles. The van der Waals surface area contributed by atoms with Gasteiger partial charge in [-0.05, 0) is 37.5 Å². The van der Waals surface area contributed by atoms with Crippen LogP contribution in [-0.4, -0.2) is 9.97 Å². The maximum atomic E-state index is 6.18. The summed E-state index contributed by atoms with van der Waals surface area (Å²) in [7, 11) is 0. The molecule has 1 aromatic carbocycles. The molecule has 2 N–H and O–H groups in total. The Labute approximate surface area is 102 Å². The van der Waals surface area contributed by atoms with Gasteiger partial charge in [-0.2, -0.15) is 0 Å². The van der Waals surface area contributed by atoms with E-state index in [4.69, 9.17) is 5.73 Å². The third kappa shape index (κ3) is 2.50. The van der Waals surface area contributed by atoms with Crippen LogP contribution >= 0.6 is 0 Å². The van der Waals surface area contributed by atoms with Gasteiger partial charge in [0.25, 0.3) is 0 Å². The van der Waals surface area contributed by atoms with Crippen LogP contribution in [0, 0.1) is 20.8 Å². The molecule has 0 aliphatic heterocycles. The van der Waals surface area contributed by atoms with Gasteiger partial charge in [0.2, 0.25) is 0 Å². The van der Waals surface area contributed by atoms with Crippen molar-refractivity contribution in [2.75, 3.05) is 0 Å². The van der Waals surface area contributed by atoms with E-state index in [2.05, 4.69) is 42.0 Å². The first-order chi connectivity index (χ1) is 8.08. The third-order valence-electron chi connectivity index (χ3n) is 3.01. The molecule has 0 radical (unpaired) electrons. The molecule has 1 atom stereocenters. The molecule has 0 bridgehead atoms. The van der Waals surface area contributed by atoms with E-state index in [0.29, 0.717) is 0 Å². The average Bonchev–Trinajstić information content (AvgIpc) is 2.33. The Morgan fingerprint density at radius 3 is 2.35 bits per heavy atom. The first-order valence-electron chi connectivity index (χ1n) is 5.69. The molecule has 0 saturated carbocycles. The Morgan fingerprint density at radius 2 is 1.76 bits per heavy atom. The molecule has 3 nitrogen and oxygen atoms in total. The average molecular weight is 227 g/mol. The molecule has 0 fully saturated rings. The van der Waals surface area contributed by atoms with Crippen molar-refractivity contribution in [3.8, 4) is 0 Å². The van der Waals surface area contributed by atoms with Crippen LogP contribution in [0.4, 0.5) is 0 Å². The SMILES string of the molecule is Cc1cnc(C(N)c2ccc(C)c(C)c2)cn1. The highest BCUT2D eigenvalue weighted by atomic mass is 14.8. The van der Waals surface area contributed by atoms with Gasteiger partial charge in [0.15, 0.2) is 0 Å². The molecular weight excluding hydrogens is 210 g/mol. The molecule has 2 aromatic rings. The Hall–Kier alpha value is -1.74. The van der Waals surface area contributed by atoms with Gasteiger partial charge in [0.1, 0.15) is 0 Å². The molecule has 0 spiro atoms. The van der Waals surface area contributed by atoms with Crippen LogP contribution < -0.4 is 5.73 Å². The summed E-state index contributed by atoms with van der Waals surface area (Å²) in [5, 5.41) is 0. The minimum Gasteiger partial charge on any atom is -0.319 e. The molecule has 0 aliphatic carbocycles. The van der Waals surface area contributed by atoms with Crippen LogP contribution in [0.2, 0.25) is 0 Å². The standard InChI is InChI=1S/C14H17N3/c1-9-4-5-12(6-10(9)2)14(15)13-8-16-11(3)7-17-13/h4-8,14H,15H2,1-3H3. The fourth-order valence-corrected chi connectivity index (χ4v) is 1.69. The molecule has 88 valence electrons. The summed E-state index contributed by atoms with van der Waals surface area (Å²) < 4.78 is 0. The molecule has 2 rings (SSSR count). The zero-order chi connectivity index (χ0) is 12.4. The van der Waals surface area contributed by atoms with E-state index in [1.807, 2.05) is 6.92 Å². The predicted molar refractivity (Wildman–Crippen MR) is 68.7 cm³/mol. The number of benzene rings is 1. The van der Waals surface area contributed by atoms with Crippen molar-refractivity contribution in [2.24, 2.45) is 5.73 Å². The minimum absolute atomic E-state index is 0.206. The number of nitrogens with two attached hydrogens (primary N) is 1. The van der Waals surface area contributed by atoms with Gasteiger partial charge < -0.3 is 5.73 Å². The van der Waals surface area contributed by atoms with E-state index in [-0.39, 0.29) is 6.04 Å². The Morgan fingerprint density at radius 1 is 1.00 bits per heavy atom. The summed E-state index contributed by atoms with van der Waals surface area (Å²) in [4.78, 5) is 8.54. The van der Waals surface area contributed by atoms with E-state index >= 15 is 0 Å². The second kappa shape index (κ2) is 4.63. The van der Waals surface area contributed by atoms with Crippen molar-refractivity contribution in [1.82, 2.24) is 9.97 Å². The summed E-state index contributed by atoms with van der Waals surface area (Å²) in [6.07, 6.45) is 3.49. The van der Waals surface area contributed by atoms with Crippen molar-refractivity contribution in [3.05, 3.63) is 58.7 Å². The van der Waals surface area contributed by atoms with E-state index in [1.165, 1.54) is 11.1 Å². The summed E-state index contributed by atoms with van der Waals surface area (Å²) in [6, 6.07) is 6.05. The van der Waals surface area contributed by atoms with E-state index < -0.39 is 0 Å². The first-order valence-corrected chi connectivity index (χ1v) is 5.69. The Kier molecular flexibility index (Phi) is 3.20. The summed E-state index contributed by atoms with van der Waals surface area (Å²) in [6.45, 7) is 6.10. The van der Waals surface area contributed by atoms with E-state index in [1.54, 1.807) is 12.4 Å². The smallest absolute Gasteiger partial charge is 0.0799 e. The second-order valence-corrected chi connectivity index (χ2v) is 4.40. The van der Waals surface area contributed by atoms with Gasteiger partial charge >= 0.3 is 0 Å². The number of hydrogen-bond donors (Lipinski definition) is 1. The van der Waals surface area contributed by atoms with Crippen molar-refractivity contribution < 1.29 is 0 Å². The fourth-order valence-electron chi connectivity index (χ4n) is 1.69. The molecule has 0 aliphatic rings. The number of aromatic nitrogens is 2.